The van der Waals surface area contributed by atoms with Crippen LogP contribution in [0.3, 0.4) is 0 Å². The van der Waals surface area contributed by atoms with Gasteiger partial charge in [0, 0.05) is 18.5 Å². The molecule has 0 amide bonds. The summed E-state index contributed by atoms with van der Waals surface area (Å²) in [4.78, 5) is 7.03. The van der Waals surface area contributed by atoms with Crippen molar-refractivity contribution in [1.82, 2.24) is 4.98 Å². The van der Waals surface area contributed by atoms with E-state index in [-0.39, 0.29) is 0 Å². The van der Waals surface area contributed by atoms with Crippen molar-refractivity contribution < 1.29 is 4.74 Å². The van der Waals surface area contributed by atoms with Crippen molar-refractivity contribution in [3.8, 4) is 0 Å². The molecule has 1 aliphatic rings. The Kier molecular flexibility index (Phi) is 2.69. The molecule has 3 heteroatoms. The molecule has 0 spiro atoms. The zero-order valence-electron chi connectivity index (χ0n) is 10.0. The van der Waals surface area contributed by atoms with E-state index in [2.05, 4.69) is 41.1 Å². The summed E-state index contributed by atoms with van der Waals surface area (Å²) in [6.07, 6.45) is 0. The molecule has 3 nitrogen and oxygen atoms in total. The van der Waals surface area contributed by atoms with Crippen LogP contribution >= 0.6 is 0 Å². The molecule has 0 bridgehead atoms. The summed E-state index contributed by atoms with van der Waals surface area (Å²) < 4.78 is 5.39. The second-order valence-electron chi connectivity index (χ2n) is 4.39. The van der Waals surface area contributed by atoms with Gasteiger partial charge in [-0.3, -0.25) is 4.98 Å². The quantitative estimate of drug-likeness (QED) is 0.749. The number of fused-ring (bicyclic) bond motifs is 1. The number of aromatic nitrogens is 1. The van der Waals surface area contributed by atoms with Gasteiger partial charge in [-0.05, 0) is 19.1 Å². The van der Waals surface area contributed by atoms with Crippen LogP contribution in [-0.4, -0.2) is 31.3 Å². The van der Waals surface area contributed by atoms with Gasteiger partial charge in [0.1, 0.15) is 0 Å². The molecule has 1 aromatic heterocycles. The summed E-state index contributed by atoms with van der Waals surface area (Å²) in [5.41, 5.74) is 3.42. The highest BCUT2D eigenvalue weighted by Gasteiger charge is 2.14. The van der Waals surface area contributed by atoms with Crippen molar-refractivity contribution in [2.45, 2.75) is 6.92 Å². The Labute approximate surface area is 101 Å². The third kappa shape index (κ3) is 1.98. The Bertz CT molecular complexity index is 533. The van der Waals surface area contributed by atoms with E-state index in [0.717, 1.165) is 37.5 Å². The molecule has 1 aliphatic heterocycles. The third-order valence-electron chi connectivity index (χ3n) is 3.24. The molecule has 1 saturated heterocycles. The predicted octanol–water partition coefficient (Wildman–Crippen LogP) is 2.38. The largest absolute Gasteiger partial charge is 0.378 e. The fourth-order valence-corrected chi connectivity index (χ4v) is 2.33. The summed E-state index contributed by atoms with van der Waals surface area (Å²) >= 11 is 0. The number of pyridine rings is 1. The molecule has 17 heavy (non-hydrogen) atoms. The van der Waals surface area contributed by atoms with Crippen molar-refractivity contribution >= 4 is 16.6 Å². The molecule has 0 N–H and O–H groups in total. The van der Waals surface area contributed by atoms with E-state index in [4.69, 9.17) is 4.74 Å². The predicted molar refractivity (Wildman–Crippen MR) is 69.5 cm³/mol. The molecule has 0 saturated carbocycles. The molecule has 88 valence electrons. The van der Waals surface area contributed by atoms with E-state index in [1.807, 2.05) is 6.07 Å². The highest BCUT2D eigenvalue weighted by molar-refractivity contribution is 5.82. The van der Waals surface area contributed by atoms with Crippen LogP contribution < -0.4 is 4.90 Å². The van der Waals surface area contributed by atoms with Crippen LogP contribution in [0, 0.1) is 6.92 Å². The molecule has 1 aromatic carbocycles. The van der Waals surface area contributed by atoms with Crippen LogP contribution in [0.4, 0.5) is 5.69 Å². The van der Waals surface area contributed by atoms with E-state index in [1.165, 1.54) is 11.1 Å². The van der Waals surface area contributed by atoms with Crippen molar-refractivity contribution in [3.05, 3.63) is 36.0 Å². The number of nitrogens with zero attached hydrogens (tertiary/aromatic N) is 2. The summed E-state index contributed by atoms with van der Waals surface area (Å²) in [6.45, 7) is 5.62. The maximum Gasteiger partial charge on any atom is 0.0706 e. The first-order valence-electron chi connectivity index (χ1n) is 6.04. The summed E-state index contributed by atoms with van der Waals surface area (Å²) in [5.74, 6) is 0. The van der Waals surface area contributed by atoms with Gasteiger partial charge in [-0.15, -0.1) is 0 Å². The molecule has 2 heterocycles. The highest BCUT2D eigenvalue weighted by Crippen LogP contribution is 2.24. The summed E-state index contributed by atoms with van der Waals surface area (Å²) in [7, 11) is 0. The number of ether oxygens (including phenoxy) is 1. The Morgan fingerprint density at radius 1 is 1.18 bits per heavy atom. The van der Waals surface area contributed by atoms with Gasteiger partial charge in [0.2, 0.25) is 0 Å². The van der Waals surface area contributed by atoms with Crippen LogP contribution in [0.2, 0.25) is 0 Å². The number of aryl methyl sites for hydroxylation is 1. The lowest BCUT2D eigenvalue weighted by atomic mass is 10.1. The fourth-order valence-electron chi connectivity index (χ4n) is 2.33. The maximum atomic E-state index is 5.39. The molecule has 1 fully saturated rings. The maximum absolute atomic E-state index is 5.39. The van der Waals surface area contributed by atoms with Gasteiger partial charge in [0.15, 0.2) is 0 Å². The lowest BCUT2D eigenvalue weighted by molar-refractivity contribution is 0.122. The number of hydrogen-bond acceptors (Lipinski definition) is 3. The number of morpholine rings is 1. The minimum atomic E-state index is 0.812. The lowest BCUT2D eigenvalue weighted by Gasteiger charge is -2.29. The second-order valence-corrected chi connectivity index (χ2v) is 4.39. The lowest BCUT2D eigenvalue weighted by Crippen LogP contribution is -2.36. The van der Waals surface area contributed by atoms with Gasteiger partial charge < -0.3 is 9.64 Å². The van der Waals surface area contributed by atoms with Crippen LogP contribution in [0.1, 0.15) is 5.69 Å². The Morgan fingerprint density at radius 2 is 1.94 bits per heavy atom. The van der Waals surface area contributed by atoms with Crippen LogP contribution in [0.5, 0.6) is 0 Å². The molecule has 0 atom stereocenters. The molecule has 3 rings (SSSR count). The van der Waals surface area contributed by atoms with Crippen molar-refractivity contribution in [1.29, 1.82) is 0 Å². The van der Waals surface area contributed by atoms with Crippen LogP contribution in [0.15, 0.2) is 30.3 Å². The SMILES string of the molecule is Cc1nc2ccccc2cc1N1CCOCC1. The summed E-state index contributed by atoms with van der Waals surface area (Å²) in [6, 6.07) is 10.5. The first kappa shape index (κ1) is 10.5. The number of hydrogen-bond donors (Lipinski definition) is 0. The Hall–Kier alpha value is -1.61. The van der Waals surface area contributed by atoms with E-state index in [9.17, 15) is 0 Å². The minimum Gasteiger partial charge on any atom is -0.378 e. The van der Waals surface area contributed by atoms with Crippen molar-refractivity contribution in [2.24, 2.45) is 0 Å². The second kappa shape index (κ2) is 4.34. The van der Waals surface area contributed by atoms with Crippen LogP contribution in [-0.2, 0) is 4.74 Å². The number of rotatable bonds is 1. The van der Waals surface area contributed by atoms with Gasteiger partial charge in [-0.25, -0.2) is 0 Å². The van der Waals surface area contributed by atoms with Gasteiger partial charge in [0.05, 0.1) is 30.1 Å². The smallest absolute Gasteiger partial charge is 0.0706 e. The van der Waals surface area contributed by atoms with Gasteiger partial charge in [-0.1, -0.05) is 18.2 Å². The topological polar surface area (TPSA) is 25.4 Å². The third-order valence-corrected chi connectivity index (χ3v) is 3.24. The van der Waals surface area contributed by atoms with Crippen LogP contribution in [0.25, 0.3) is 10.9 Å². The van der Waals surface area contributed by atoms with Crippen molar-refractivity contribution in [2.75, 3.05) is 31.2 Å². The Balaban J connectivity index is 2.06. The van der Waals surface area contributed by atoms with Crippen molar-refractivity contribution in [3.63, 3.8) is 0 Å². The number of para-hydroxylation sites is 1. The number of benzene rings is 1. The molecular weight excluding hydrogens is 212 g/mol. The first-order chi connectivity index (χ1) is 8.34. The van der Waals surface area contributed by atoms with Gasteiger partial charge >= 0.3 is 0 Å². The average molecular weight is 228 g/mol. The molecule has 0 unspecified atom stereocenters. The molecule has 0 aliphatic carbocycles. The fraction of sp³-hybridized carbons (Fsp3) is 0.357. The normalized spacial score (nSPS) is 16.4. The Morgan fingerprint density at radius 3 is 2.76 bits per heavy atom. The van der Waals surface area contributed by atoms with Gasteiger partial charge in [-0.2, -0.15) is 0 Å². The number of anilines is 1. The van der Waals surface area contributed by atoms with E-state index >= 15 is 0 Å². The highest BCUT2D eigenvalue weighted by atomic mass is 16.5. The average Bonchev–Trinajstić information content (AvgIpc) is 2.39. The summed E-state index contributed by atoms with van der Waals surface area (Å²) in [5, 5.41) is 1.21. The standard InChI is InChI=1S/C14H16N2O/c1-11-14(16-6-8-17-9-7-16)10-12-4-2-3-5-13(12)15-11/h2-5,10H,6-9H2,1H3. The van der Waals surface area contributed by atoms with Gasteiger partial charge in [0.25, 0.3) is 0 Å². The van der Waals surface area contributed by atoms with E-state index < -0.39 is 0 Å². The zero-order valence-corrected chi connectivity index (χ0v) is 10.0. The molecule has 2 aromatic rings. The molecular formula is C14H16N2O. The molecule has 0 radical (unpaired) electrons. The zero-order chi connectivity index (χ0) is 11.7. The minimum absolute atomic E-state index is 0.812. The van der Waals surface area contributed by atoms with E-state index in [1.54, 1.807) is 0 Å². The van der Waals surface area contributed by atoms with E-state index in [0.29, 0.717) is 0 Å². The monoisotopic (exact) mass is 228 g/mol. The first-order valence-corrected chi connectivity index (χ1v) is 6.04.